The normalized spacial score (nSPS) is 13.1. The number of fused-ring (bicyclic) bond motifs is 1. The summed E-state index contributed by atoms with van der Waals surface area (Å²) in [5.41, 5.74) is 3.09. The minimum absolute atomic E-state index is 0.632. The Kier molecular flexibility index (Phi) is 3.39. The van der Waals surface area contributed by atoms with Gasteiger partial charge in [0, 0.05) is 24.9 Å². The first-order valence-electron chi connectivity index (χ1n) is 5.98. The third kappa shape index (κ3) is 2.32. The maximum Gasteiger partial charge on any atom is 0.115 e. The van der Waals surface area contributed by atoms with Crippen LogP contribution in [0.3, 0.4) is 0 Å². The molecular formula is C15H13ClOS2. The molecule has 0 fully saturated rings. The van der Waals surface area contributed by atoms with Crippen molar-refractivity contribution in [1.29, 1.82) is 0 Å². The molecule has 2 aromatic heterocycles. The van der Waals surface area contributed by atoms with Crippen LogP contribution in [0.15, 0.2) is 29.6 Å². The highest BCUT2D eigenvalue weighted by Crippen LogP contribution is 2.38. The molecule has 1 unspecified atom stereocenters. The number of halogens is 1. The summed E-state index contributed by atoms with van der Waals surface area (Å²) in [7, 11) is 0. The average Bonchev–Trinajstić information content (AvgIpc) is 2.93. The topological polar surface area (TPSA) is 20.2 Å². The van der Waals surface area contributed by atoms with Crippen molar-refractivity contribution in [2.24, 2.45) is 0 Å². The molecule has 3 aromatic rings. The number of aliphatic hydroxyl groups excluding tert-OH is 1. The van der Waals surface area contributed by atoms with Crippen LogP contribution in [0.1, 0.15) is 27.7 Å². The van der Waals surface area contributed by atoms with E-state index in [0.717, 1.165) is 21.6 Å². The summed E-state index contributed by atoms with van der Waals surface area (Å²) in [6.45, 7) is 4.06. The highest BCUT2D eigenvalue weighted by molar-refractivity contribution is 7.26. The van der Waals surface area contributed by atoms with Crippen LogP contribution in [0.4, 0.5) is 0 Å². The molecule has 1 nitrogen and oxygen atoms in total. The summed E-state index contributed by atoms with van der Waals surface area (Å²) in [6, 6.07) is 8.05. The quantitative estimate of drug-likeness (QED) is 0.679. The van der Waals surface area contributed by atoms with E-state index in [2.05, 4.69) is 17.5 Å². The van der Waals surface area contributed by atoms with E-state index in [4.69, 9.17) is 11.6 Å². The van der Waals surface area contributed by atoms with Crippen LogP contribution in [-0.4, -0.2) is 5.11 Å². The van der Waals surface area contributed by atoms with Gasteiger partial charge in [0.1, 0.15) is 6.10 Å². The van der Waals surface area contributed by atoms with E-state index in [1.165, 1.54) is 9.40 Å². The molecule has 98 valence electrons. The molecule has 1 aromatic carbocycles. The molecule has 19 heavy (non-hydrogen) atoms. The van der Waals surface area contributed by atoms with Crippen LogP contribution in [-0.2, 0) is 0 Å². The number of benzene rings is 1. The van der Waals surface area contributed by atoms with E-state index in [9.17, 15) is 5.11 Å². The molecule has 0 saturated heterocycles. The van der Waals surface area contributed by atoms with Gasteiger partial charge in [0.15, 0.2) is 0 Å². The lowest BCUT2D eigenvalue weighted by Gasteiger charge is -2.13. The third-order valence-electron chi connectivity index (χ3n) is 3.34. The maximum absolute atomic E-state index is 10.5. The molecule has 0 aliphatic rings. The first-order chi connectivity index (χ1) is 9.06. The van der Waals surface area contributed by atoms with Crippen molar-refractivity contribution < 1.29 is 5.11 Å². The Labute approximate surface area is 125 Å². The van der Waals surface area contributed by atoms with E-state index in [1.54, 1.807) is 22.7 Å². The van der Waals surface area contributed by atoms with E-state index >= 15 is 0 Å². The molecule has 0 amide bonds. The van der Waals surface area contributed by atoms with Gasteiger partial charge < -0.3 is 5.11 Å². The highest BCUT2D eigenvalue weighted by atomic mass is 35.5. The molecule has 0 aliphatic heterocycles. The summed E-state index contributed by atoms with van der Waals surface area (Å²) in [6.07, 6.45) is -0.642. The summed E-state index contributed by atoms with van der Waals surface area (Å²) < 4.78 is 2.44. The molecule has 0 aliphatic carbocycles. The zero-order valence-corrected chi connectivity index (χ0v) is 13.0. The summed E-state index contributed by atoms with van der Waals surface area (Å²) >= 11 is 9.59. The van der Waals surface area contributed by atoms with Crippen LogP contribution < -0.4 is 0 Å². The number of rotatable bonds is 2. The minimum Gasteiger partial charge on any atom is -0.383 e. The lowest BCUT2D eigenvalue weighted by molar-refractivity contribution is 0.224. The van der Waals surface area contributed by atoms with Crippen molar-refractivity contribution in [3.63, 3.8) is 0 Å². The predicted octanol–water partition coefficient (Wildman–Crippen LogP) is 5.31. The van der Waals surface area contributed by atoms with Gasteiger partial charge in [-0.15, -0.1) is 22.7 Å². The average molecular weight is 309 g/mol. The first kappa shape index (κ1) is 13.1. The zero-order valence-electron chi connectivity index (χ0n) is 10.6. The van der Waals surface area contributed by atoms with Crippen LogP contribution in [0.25, 0.3) is 9.40 Å². The Morgan fingerprint density at radius 3 is 2.58 bits per heavy atom. The van der Waals surface area contributed by atoms with Crippen LogP contribution in [0, 0.1) is 13.8 Å². The molecule has 0 spiro atoms. The van der Waals surface area contributed by atoms with Gasteiger partial charge in [-0.3, -0.25) is 0 Å². The largest absolute Gasteiger partial charge is 0.383 e. The molecule has 2 heterocycles. The summed E-state index contributed by atoms with van der Waals surface area (Å²) in [5, 5.41) is 13.2. The summed E-state index contributed by atoms with van der Waals surface area (Å²) in [5.74, 6) is 0. The molecule has 4 heteroatoms. The lowest BCUT2D eigenvalue weighted by atomic mass is 10.0. The van der Waals surface area contributed by atoms with Crippen molar-refractivity contribution in [2.45, 2.75) is 20.0 Å². The minimum atomic E-state index is -0.642. The monoisotopic (exact) mass is 308 g/mol. The second-order valence-electron chi connectivity index (χ2n) is 4.66. The van der Waals surface area contributed by atoms with Crippen LogP contribution in [0.5, 0.6) is 0 Å². The van der Waals surface area contributed by atoms with Crippen molar-refractivity contribution >= 4 is 43.7 Å². The van der Waals surface area contributed by atoms with Crippen LogP contribution >= 0.6 is 34.3 Å². The van der Waals surface area contributed by atoms with Gasteiger partial charge in [-0.05, 0) is 48.6 Å². The van der Waals surface area contributed by atoms with Gasteiger partial charge in [0.05, 0.1) is 0 Å². The Morgan fingerprint density at radius 1 is 1.11 bits per heavy atom. The maximum atomic E-state index is 10.5. The SMILES string of the molecule is Cc1cc(Cl)c(C(O)c2cc3sccc3s2)cc1C. The molecular weight excluding hydrogens is 296 g/mol. The fourth-order valence-corrected chi connectivity index (χ4v) is 4.53. The molecule has 1 N–H and O–H groups in total. The number of hydrogen-bond donors (Lipinski definition) is 1. The Morgan fingerprint density at radius 2 is 1.84 bits per heavy atom. The lowest BCUT2D eigenvalue weighted by Crippen LogP contribution is -1.99. The van der Waals surface area contributed by atoms with Gasteiger partial charge in [0.2, 0.25) is 0 Å². The molecule has 3 rings (SSSR count). The van der Waals surface area contributed by atoms with Gasteiger partial charge in [-0.1, -0.05) is 17.7 Å². The van der Waals surface area contributed by atoms with Crippen molar-refractivity contribution in [3.8, 4) is 0 Å². The highest BCUT2D eigenvalue weighted by Gasteiger charge is 2.18. The van der Waals surface area contributed by atoms with Crippen molar-refractivity contribution in [1.82, 2.24) is 0 Å². The number of aliphatic hydroxyl groups is 1. The van der Waals surface area contributed by atoms with Crippen LogP contribution in [0.2, 0.25) is 5.02 Å². The van der Waals surface area contributed by atoms with Crippen molar-refractivity contribution in [2.75, 3.05) is 0 Å². The third-order valence-corrected chi connectivity index (χ3v) is 5.81. The first-order valence-corrected chi connectivity index (χ1v) is 8.05. The number of aryl methyl sites for hydroxylation is 2. The van der Waals surface area contributed by atoms with Gasteiger partial charge in [0.25, 0.3) is 0 Å². The zero-order chi connectivity index (χ0) is 13.6. The summed E-state index contributed by atoms with van der Waals surface area (Å²) in [4.78, 5) is 0.951. The molecule has 0 bridgehead atoms. The number of hydrogen-bond acceptors (Lipinski definition) is 3. The number of thiophene rings is 2. The van der Waals surface area contributed by atoms with Crippen molar-refractivity contribution in [3.05, 3.63) is 56.2 Å². The van der Waals surface area contributed by atoms with E-state index in [0.29, 0.717) is 5.02 Å². The van der Waals surface area contributed by atoms with Gasteiger partial charge >= 0.3 is 0 Å². The van der Waals surface area contributed by atoms with E-state index in [-0.39, 0.29) is 0 Å². The fraction of sp³-hybridized carbons (Fsp3) is 0.200. The Balaban J connectivity index is 2.06. The van der Waals surface area contributed by atoms with Gasteiger partial charge in [-0.25, -0.2) is 0 Å². The fourth-order valence-electron chi connectivity index (χ4n) is 2.09. The Hall–Kier alpha value is -0.870. The second-order valence-corrected chi connectivity index (χ2v) is 7.13. The predicted molar refractivity (Wildman–Crippen MR) is 84.7 cm³/mol. The molecule has 0 saturated carbocycles. The molecule has 0 radical (unpaired) electrons. The molecule has 1 atom stereocenters. The van der Waals surface area contributed by atoms with E-state index in [1.807, 2.05) is 26.0 Å². The smallest absolute Gasteiger partial charge is 0.115 e. The standard InChI is InChI=1S/C15H13ClOS2/c1-8-5-10(11(16)6-9(8)2)15(17)14-7-13-12(19-14)3-4-18-13/h3-7,15,17H,1-2H3. The van der Waals surface area contributed by atoms with Gasteiger partial charge in [-0.2, -0.15) is 0 Å². The second kappa shape index (κ2) is 4.91. The van der Waals surface area contributed by atoms with E-state index < -0.39 is 6.10 Å². The Bertz CT molecular complexity index is 713.